The molecule has 1 heterocycles. The van der Waals surface area contributed by atoms with Crippen molar-refractivity contribution >= 4 is 13.4 Å². The fourth-order valence-corrected chi connectivity index (χ4v) is 0.884. The molecule has 0 bridgehead atoms. The zero-order valence-electron chi connectivity index (χ0n) is 6.39. The molecule has 0 aliphatic carbocycles. The van der Waals surface area contributed by atoms with Crippen molar-refractivity contribution < 1.29 is 0 Å². The van der Waals surface area contributed by atoms with Crippen LogP contribution in [0, 0.1) is 13.8 Å². The van der Waals surface area contributed by atoms with E-state index < -0.39 is 0 Å². The Bertz CT molecular complexity index is 205. The molecular formula is C6H11BN2. The third-order valence-electron chi connectivity index (χ3n) is 1.84. The van der Waals surface area contributed by atoms with Crippen molar-refractivity contribution in [2.24, 2.45) is 7.05 Å². The van der Waals surface area contributed by atoms with Gasteiger partial charge in [-0.05, 0) is 13.8 Å². The van der Waals surface area contributed by atoms with Gasteiger partial charge in [-0.25, -0.2) is 4.98 Å². The predicted molar refractivity (Wildman–Crippen MR) is 40.9 cm³/mol. The van der Waals surface area contributed by atoms with Gasteiger partial charge in [-0.15, -0.1) is 0 Å². The van der Waals surface area contributed by atoms with Crippen LogP contribution in [0.4, 0.5) is 0 Å². The summed E-state index contributed by atoms with van der Waals surface area (Å²) < 4.78 is 2.09. The quantitative estimate of drug-likeness (QED) is 0.416. The first-order valence-corrected chi connectivity index (χ1v) is 3.09. The highest BCUT2D eigenvalue weighted by Crippen LogP contribution is 1.94. The Morgan fingerprint density at radius 1 is 1.44 bits per heavy atom. The molecule has 48 valence electrons. The molecule has 0 radical (unpaired) electrons. The summed E-state index contributed by atoms with van der Waals surface area (Å²) in [6.07, 6.45) is 0. The second kappa shape index (κ2) is 1.90. The normalized spacial score (nSPS) is 10.1. The molecule has 0 aliphatic heterocycles. The number of aromatic nitrogens is 2. The SMILES string of the molecule is Bc1nc(C)n(C)c1C. The molecule has 2 nitrogen and oxygen atoms in total. The summed E-state index contributed by atoms with van der Waals surface area (Å²) >= 11 is 0. The smallest absolute Gasteiger partial charge is 0.166 e. The summed E-state index contributed by atoms with van der Waals surface area (Å²) in [6.45, 7) is 4.09. The zero-order chi connectivity index (χ0) is 7.02. The van der Waals surface area contributed by atoms with Gasteiger partial charge >= 0.3 is 0 Å². The van der Waals surface area contributed by atoms with Gasteiger partial charge in [0.1, 0.15) is 5.82 Å². The highest BCUT2D eigenvalue weighted by Gasteiger charge is 2.00. The lowest BCUT2D eigenvalue weighted by Crippen LogP contribution is -2.07. The third kappa shape index (κ3) is 0.868. The number of hydrogen-bond acceptors (Lipinski definition) is 1. The molecule has 0 saturated carbocycles. The Balaban J connectivity index is 3.29. The van der Waals surface area contributed by atoms with E-state index in [1.54, 1.807) is 0 Å². The number of rotatable bonds is 0. The van der Waals surface area contributed by atoms with Gasteiger partial charge in [0.2, 0.25) is 0 Å². The molecule has 0 atom stereocenters. The second-order valence-corrected chi connectivity index (χ2v) is 2.39. The summed E-state index contributed by atoms with van der Waals surface area (Å²) in [5.41, 5.74) is 2.39. The summed E-state index contributed by atoms with van der Waals surface area (Å²) in [5.74, 6) is 1.09. The first kappa shape index (κ1) is 6.40. The number of aryl methyl sites for hydroxylation is 1. The second-order valence-electron chi connectivity index (χ2n) is 2.39. The fourth-order valence-electron chi connectivity index (χ4n) is 0.884. The van der Waals surface area contributed by atoms with E-state index in [0.717, 1.165) is 11.4 Å². The monoisotopic (exact) mass is 122 g/mol. The largest absolute Gasteiger partial charge is 0.336 e. The standard InChI is InChI=1S/C6H11BN2/c1-4-6(7)8-5(2)9(4)3/h7H2,1-3H3. The Labute approximate surface area is 56.3 Å². The molecule has 3 heteroatoms. The van der Waals surface area contributed by atoms with Crippen molar-refractivity contribution in [2.45, 2.75) is 13.8 Å². The molecule has 0 N–H and O–H groups in total. The average molecular weight is 122 g/mol. The topological polar surface area (TPSA) is 17.8 Å². The number of imidazole rings is 1. The molecule has 0 aliphatic rings. The van der Waals surface area contributed by atoms with Gasteiger partial charge in [0.05, 0.1) is 0 Å². The number of hydrogen-bond donors (Lipinski definition) is 0. The minimum atomic E-state index is 1.09. The maximum atomic E-state index is 4.27. The Hall–Kier alpha value is -0.725. The molecule has 0 unspecified atom stereocenters. The third-order valence-corrected chi connectivity index (χ3v) is 1.84. The number of nitrogens with zero attached hydrogens (tertiary/aromatic N) is 2. The highest BCUT2D eigenvalue weighted by molar-refractivity contribution is 6.31. The molecule has 0 spiro atoms. The van der Waals surface area contributed by atoms with Crippen LogP contribution in [0.3, 0.4) is 0 Å². The van der Waals surface area contributed by atoms with E-state index in [0.29, 0.717) is 0 Å². The van der Waals surface area contributed by atoms with Crippen molar-refractivity contribution in [1.29, 1.82) is 0 Å². The fraction of sp³-hybridized carbons (Fsp3) is 0.500. The summed E-state index contributed by atoms with van der Waals surface area (Å²) in [5, 5.41) is 0. The van der Waals surface area contributed by atoms with Crippen LogP contribution in [0.25, 0.3) is 0 Å². The van der Waals surface area contributed by atoms with Crippen molar-refractivity contribution in [3.05, 3.63) is 11.5 Å². The first-order chi connectivity index (χ1) is 4.13. The summed E-state index contributed by atoms with van der Waals surface area (Å²) in [4.78, 5) is 4.27. The van der Waals surface area contributed by atoms with Crippen LogP contribution >= 0.6 is 0 Å². The molecule has 0 fully saturated rings. The Morgan fingerprint density at radius 2 is 2.00 bits per heavy atom. The predicted octanol–water partition coefficient (Wildman–Crippen LogP) is -0.705. The molecule has 1 aromatic rings. The van der Waals surface area contributed by atoms with Gasteiger partial charge in [-0.3, -0.25) is 0 Å². The summed E-state index contributed by atoms with van der Waals surface area (Å²) in [6, 6.07) is 0. The van der Waals surface area contributed by atoms with Crippen LogP contribution in [0.15, 0.2) is 0 Å². The van der Waals surface area contributed by atoms with Crippen LogP contribution in [0.2, 0.25) is 0 Å². The maximum Gasteiger partial charge on any atom is 0.166 e. The van der Waals surface area contributed by atoms with Crippen LogP contribution < -0.4 is 5.59 Å². The van der Waals surface area contributed by atoms with Gasteiger partial charge in [-0.1, -0.05) is 0 Å². The van der Waals surface area contributed by atoms with E-state index in [9.17, 15) is 0 Å². The Kier molecular flexibility index (Phi) is 1.35. The van der Waals surface area contributed by atoms with E-state index in [4.69, 9.17) is 0 Å². The van der Waals surface area contributed by atoms with E-state index in [-0.39, 0.29) is 0 Å². The maximum absolute atomic E-state index is 4.27. The lowest BCUT2D eigenvalue weighted by atomic mass is 10.0. The van der Waals surface area contributed by atoms with Crippen LogP contribution in [-0.4, -0.2) is 17.4 Å². The van der Waals surface area contributed by atoms with Crippen LogP contribution in [0.5, 0.6) is 0 Å². The molecular weight excluding hydrogens is 111 g/mol. The van der Waals surface area contributed by atoms with Gasteiger partial charge < -0.3 is 4.57 Å². The van der Waals surface area contributed by atoms with Gasteiger partial charge in [-0.2, -0.15) is 0 Å². The lowest BCUT2D eigenvalue weighted by Gasteiger charge is -1.95. The van der Waals surface area contributed by atoms with Crippen molar-refractivity contribution in [3.63, 3.8) is 0 Å². The average Bonchev–Trinajstić information content (AvgIpc) is 1.98. The first-order valence-electron chi connectivity index (χ1n) is 3.09. The molecule has 1 rings (SSSR count). The van der Waals surface area contributed by atoms with Gasteiger partial charge in [0, 0.05) is 18.3 Å². The van der Waals surface area contributed by atoms with E-state index in [1.807, 2.05) is 21.8 Å². The van der Waals surface area contributed by atoms with E-state index in [1.165, 1.54) is 5.69 Å². The van der Waals surface area contributed by atoms with E-state index in [2.05, 4.69) is 16.5 Å². The Morgan fingerprint density at radius 3 is 2.11 bits per heavy atom. The molecule has 1 aromatic heterocycles. The summed E-state index contributed by atoms with van der Waals surface area (Å²) in [7, 11) is 4.06. The van der Waals surface area contributed by atoms with Gasteiger partial charge in [0.25, 0.3) is 0 Å². The minimum Gasteiger partial charge on any atom is -0.336 e. The zero-order valence-corrected chi connectivity index (χ0v) is 6.39. The molecule has 0 amide bonds. The van der Waals surface area contributed by atoms with Crippen LogP contribution in [-0.2, 0) is 7.05 Å². The molecule has 0 aromatic carbocycles. The van der Waals surface area contributed by atoms with Crippen LogP contribution in [0.1, 0.15) is 11.5 Å². The lowest BCUT2D eigenvalue weighted by molar-refractivity contribution is 0.828. The van der Waals surface area contributed by atoms with Crippen molar-refractivity contribution in [3.8, 4) is 0 Å². The molecule has 9 heavy (non-hydrogen) atoms. The van der Waals surface area contributed by atoms with Crippen molar-refractivity contribution in [1.82, 2.24) is 9.55 Å². The molecule has 0 saturated heterocycles. The minimum absolute atomic E-state index is 1.09. The van der Waals surface area contributed by atoms with Gasteiger partial charge in [0.15, 0.2) is 7.85 Å². The van der Waals surface area contributed by atoms with Crippen molar-refractivity contribution in [2.75, 3.05) is 0 Å². The van der Waals surface area contributed by atoms with E-state index >= 15 is 0 Å². The highest BCUT2D eigenvalue weighted by atomic mass is 15.1.